The Balaban J connectivity index is 1.27. The Bertz CT molecular complexity index is 2440. The summed E-state index contributed by atoms with van der Waals surface area (Å²) in [6, 6.07) is 22.6. The highest BCUT2D eigenvalue weighted by atomic mass is 32.2. The largest absolute Gasteiger partial charge is 0.480 e. The minimum absolute atomic E-state index is 0.0779. The summed E-state index contributed by atoms with van der Waals surface area (Å²) in [5, 5.41) is 12.2. The number of alkyl halides is 3. The van der Waals surface area contributed by atoms with Crippen LogP contribution in [0.3, 0.4) is 0 Å². The van der Waals surface area contributed by atoms with Crippen molar-refractivity contribution in [2.24, 2.45) is 0 Å². The molecule has 0 atom stereocenters. The molecule has 0 aliphatic carbocycles. The van der Waals surface area contributed by atoms with Crippen molar-refractivity contribution in [1.29, 1.82) is 0 Å². The number of hydrogen-bond donors (Lipinski definition) is 3. The van der Waals surface area contributed by atoms with Crippen LogP contribution in [0.15, 0.2) is 124 Å². The van der Waals surface area contributed by atoms with Gasteiger partial charge in [-0.3, -0.25) is 19.0 Å². The van der Waals surface area contributed by atoms with Gasteiger partial charge in [-0.05, 0) is 71.8 Å². The quantitative estimate of drug-likeness (QED) is 0.0670. The maximum Gasteiger partial charge on any atom is 0.416 e. The number of aliphatic carboxylic acids is 1. The standard InChI is InChI=1S/C38H27F4N5O6S/c39-27-13-5-22(6-14-27)21-54-36-45-33(29(35(51)46-36)17-23-18-43-37(52)47(19-23)20-32(48)49)24-7-9-25(10-8-24)34(50)44-30-3-1-2-4-31(30)53-28-15-11-26(12-16-28)38(40,41)42/h1-16,18-19H,17,20-21H2,(H,44,50)(H,48,49)(H,45,46,51). The molecule has 0 aliphatic heterocycles. The molecule has 0 spiro atoms. The number of anilines is 1. The van der Waals surface area contributed by atoms with Gasteiger partial charge in [-0.2, -0.15) is 13.2 Å². The molecule has 54 heavy (non-hydrogen) atoms. The third-order valence-corrected chi connectivity index (χ3v) is 8.79. The smallest absolute Gasteiger partial charge is 0.416 e. The van der Waals surface area contributed by atoms with Crippen LogP contribution in [-0.2, 0) is 29.7 Å². The highest BCUT2D eigenvalue weighted by Gasteiger charge is 2.30. The van der Waals surface area contributed by atoms with E-state index < -0.39 is 41.4 Å². The molecule has 1 amide bonds. The first kappa shape index (κ1) is 37.2. The fourth-order valence-electron chi connectivity index (χ4n) is 5.21. The number of carbonyl (C=O) groups excluding carboxylic acids is 1. The predicted molar refractivity (Wildman–Crippen MR) is 191 cm³/mol. The number of ether oxygens (including phenoxy) is 1. The molecule has 0 aliphatic rings. The Morgan fingerprint density at radius 3 is 2.30 bits per heavy atom. The monoisotopic (exact) mass is 757 g/mol. The fraction of sp³-hybridized carbons (Fsp3) is 0.105. The highest BCUT2D eigenvalue weighted by molar-refractivity contribution is 7.98. The van der Waals surface area contributed by atoms with E-state index in [9.17, 15) is 41.8 Å². The van der Waals surface area contributed by atoms with Crippen LogP contribution in [0.25, 0.3) is 11.3 Å². The molecular weight excluding hydrogens is 731 g/mol. The number of thioether (sulfide) groups is 1. The topological polar surface area (TPSA) is 156 Å². The summed E-state index contributed by atoms with van der Waals surface area (Å²) in [7, 11) is 0. The van der Waals surface area contributed by atoms with Crippen molar-refractivity contribution in [3.05, 3.63) is 164 Å². The Hall–Kier alpha value is -6.55. The summed E-state index contributed by atoms with van der Waals surface area (Å²) in [5.74, 6) is -1.51. The van der Waals surface area contributed by atoms with Gasteiger partial charge < -0.3 is 20.1 Å². The van der Waals surface area contributed by atoms with Crippen molar-refractivity contribution < 1.29 is 37.0 Å². The van der Waals surface area contributed by atoms with Gasteiger partial charge in [0.25, 0.3) is 11.5 Å². The van der Waals surface area contributed by atoms with E-state index in [1.165, 1.54) is 60.6 Å². The lowest BCUT2D eigenvalue weighted by Crippen LogP contribution is -2.26. The molecule has 274 valence electrons. The predicted octanol–water partition coefficient (Wildman–Crippen LogP) is 7.16. The van der Waals surface area contributed by atoms with Gasteiger partial charge >= 0.3 is 17.8 Å². The van der Waals surface area contributed by atoms with E-state index in [0.29, 0.717) is 16.9 Å². The van der Waals surface area contributed by atoms with Crippen LogP contribution in [0.4, 0.5) is 23.2 Å². The summed E-state index contributed by atoms with van der Waals surface area (Å²) in [6.45, 7) is -0.630. The van der Waals surface area contributed by atoms with Crippen LogP contribution in [0.5, 0.6) is 11.5 Å². The lowest BCUT2D eigenvalue weighted by molar-refractivity contribution is -0.138. The van der Waals surface area contributed by atoms with Gasteiger partial charge in [0, 0.05) is 41.3 Å². The second-order valence-corrected chi connectivity index (χ2v) is 12.7. The Labute approximate surface area is 307 Å². The molecule has 2 aromatic heterocycles. The third kappa shape index (κ3) is 9.27. The van der Waals surface area contributed by atoms with Crippen molar-refractivity contribution >= 4 is 29.3 Å². The summed E-state index contributed by atoms with van der Waals surface area (Å²) < 4.78 is 59.1. The number of halogens is 4. The molecule has 11 nitrogen and oxygen atoms in total. The van der Waals surface area contributed by atoms with Gasteiger partial charge in [-0.1, -0.05) is 48.2 Å². The molecule has 6 rings (SSSR count). The van der Waals surface area contributed by atoms with E-state index in [-0.39, 0.29) is 51.4 Å². The molecule has 0 saturated carbocycles. The van der Waals surface area contributed by atoms with Crippen molar-refractivity contribution in [3.8, 4) is 22.8 Å². The van der Waals surface area contributed by atoms with Crippen LogP contribution in [0, 0.1) is 5.82 Å². The number of aromatic amines is 1. The number of H-pyrrole nitrogens is 1. The van der Waals surface area contributed by atoms with Gasteiger partial charge in [0.05, 0.1) is 16.9 Å². The molecule has 16 heteroatoms. The zero-order chi connectivity index (χ0) is 38.4. The zero-order valence-corrected chi connectivity index (χ0v) is 28.6. The zero-order valence-electron chi connectivity index (χ0n) is 27.8. The van der Waals surface area contributed by atoms with Crippen LogP contribution < -0.4 is 21.3 Å². The third-order valence-electron chi connectivity index (χ3n) is 7.84. The average molecular weight is 758 g/mol. The van der Waals surface area contributed by atoms with E-state index in [1.807, 2.05) is 0 Å². The van der Waals surface area contributed by atoms with Crippen LogP contribution in [0.2, 0.25) is 0 Å². The first-order valence-electron chi connectivity index (χ1n) is 16.0. The van der Waals surface area contributed by atoms with Crippen molar-refractivity contribution in [1.82, 2.24) is 19.5 Å². The summed E-state index contributed by atoms with van der Waals surface area (Å²) in [5.41, 5.74) is 0.375. The minimum atomic E-state index is -4.50. The maximum absolute atomic E-state index is 13.6. The van der Waals surface area contributed by atoms with E-state index in [2.05, 4.69) is 15.3 Å². The Morgan fingerprint density at radius 2 is 1.61 bits per heavy atom. The van der Waals surface area contributed by atoms with Gasteiger partial charge in [0.1, 0.15) is 18.1 Å². The molecule has 0 radical (unpaired) electrons. The number of amides is 1. The number of carboxylic acids is 1. The minimum Gasteiger partial charge on any atom is -0.480 e. The summed E-state index contributed by atoms with van der Waals surface area (Å²) >= 11 is 1.20. The molecule has 0 fully saturated rings. The van der Waals surface area contributed by atoms with Gasteiger partial charge in [-0.25, -0.2) is 19.2 Å². The lowest BCUT2D eigenvalue weighted by atomic mass is 10.0. The first-order valence-corrected chi connectivity index (χ1v) is 16.9. The molecule has 2 heterocycles. The average Bonchev–Trinajstić information content (AvgIpc) is 3.14. The van der Waals surface area contributed by atoms with Crippen molar-refractivity contribution in [2.45, 2.75) is 30.1 Å². The van der Waals surface area contributed by atoms with Crippen LogP contribution >= 0.6 is 11.8 Å². The number of rotatable bonds is 12. The van der Waals surface area contributed by atoms with E-state index in [4.69, 9.17) is 9.72 Å². The van der Waals surface area contributed by atoms with E-state index in [0.717, 1.165) is 22.3 Å². The van der Waals surface area contributed by atoms with Crippen molar-refractivity contribution in [3.63, 3.8) is 0 Å². The Morgan fingerprint density at radius 1 is 0.907 bits per heavy atom. The molecular formula is C38H27F4N5O6S. The number of carbonyl (C=O) groups is 2. The number of aromatic nitrogens is 4. The van der Waals surface area contributed by atoms with E-state index >= 15 is 0 Å². The molecule has 0 unspecified atom stereocenters. The number of hydrogen-bond acceptors (Lipinski definition) is 8. The number of nitrogens with one attached hydrogen (secondary N) is 2. The fourth-order valence-corrected chi connectivity index (χ4v) is 6.02. The summed E-state index contributed by atoms with van der Waals surface area (Å²) in [4.78, 5) is 61.5. The summed E-state index contributed by atoms with van der Waals surface area (Å²) in [6.07, 6.45) is -2.04. The highest BCUT2D eigenvalue weighted by Crippen LogP contribution is 2.34. The number of benzene rings is 4. The maximum atomic E-state index is 13.6. The molecule has 0 bridgehead atoms. The van der Waals surface area contributed by atoms with Gasteiger partial charge in [-0.15, -0.1) is 0 Å². The van der Waals surface area contributed by atoms with E-state index in [1.54, 1.807) is 48.5 Å². The SMILES string of the molecule is O=C(O)Cn1cc(Cc2c(-c3ccc(C(=O)Nc4ccccc4Oc4ccc(C(F)(F)F)cc4)cc3)nc(SCc3ccc(F)cc3)[nH]c2=O)cnc1=O. The van der Waals surface area contributed by atoms with Gasteiger partial charge in [0.15, 0.2) is 10.9 Å². The first-order chi connectivity index (χ1) is 25.8. The number of para-hydroxylation sites is 2. The van der Waals surface area contributed by atoms with Crippen LogP contribution in [-0.4, -0.2) is 36.5 Å². The second-order valence-electron chi connectivity index (χ2n) is 11.7. The van der Waals surface area contributed by atoms with Crippen LogP contribution in [0.1, 0.15) is 32.6 Å². The Kier molecular flexibility index (Phi) is 11.0. The lowest BCUT2D eigenvalue weighted by Gasteiger charge is -2.14. The second kappa shape index (κ2) is 16.0. The molecule has 6 aromatic rings. The molecule has 4 aromatic carbocycles. The number of nitrogens with zero attached hydrogens (tertiary/aromatic N) is 3. The van der Waals surface area contributed by atoms with Crippen molar-refractivity contribution in [2.75, 3.05) is 5.32 Å². The normalized spacial score (nSPS) is 11.3. The molecule has 3 N–H and O–H groups in total. The number of carboxylic acid groups (broad SMARTS) is 1. The van der Waals surface area contributed by atoms with Gasteiger partial charge in [0.2, 0.25) is 0 Å². The molecule has 0 saturated heterocycles.